The summed E-state index contributed by atoms with van der Waals surface area (Å²) in [5.74, 6) is -0.0639. The van der Waals surface area contributed by atoms with E-state index < -0.39 is 5.97 Å². The summed E-state index contributed by atoms with van der Waals surface area (Å²) in [6.45, 7) is 1.90. The predicted octanol–water partition coefficient (Wildman–Crippen LogP) is 1.89. The van der Waals surface area contributed by atoms with Gasteiger partial charge in [0.05, 0.1) is 0 Å². The lowest BCUT2D eigenvalue weighted by molar-refractivity contribution is -0.142. The van der Waals surface area contributed by atoms with E-state index in [2.05, 4.69) is 17.1 Å². The van der Waals surface area contributed by atoms with Crippen LogP contribution in [0.5, 0.6) is 0 Å². The summed E-state index contributed by atoms with van der Waals surface area (Å²) in [6, 6.07) is -0.222. The molecule has 0 bridgehead atoms. The molecule has 2 atom stereocenters. The van der Waals surface area contributed by atoms with Gasteiger partial charge >= 0.3 is 5.97 Å². The second kappa shape index (κ2) is 4.79. The molecule has 1 aliphatic heterocycles. The van der Waals surface area contributed by atoms with E-state index in [1.165, 1.54) is 19.3 Å². The van der Waals surface area contributed by atoms with Gasteiger partial charge in [-0.2, -0.15) is 0 Å². The van der Waals surface area contributed by atoms with Crippen molar-refractivity contribution in [2.45, 2.75) is 38.1 Å². The molecule has 2 rings (SSSR count). The number of aliphatic carboxylic acids is 1. The molecule has 84 valence electrons. The van der Waals surface area contributed by atoms with Crippen LogP contribution in [-0.4, -0.2) is 35.1 Å². The minimum Gasteiger partial charge on any atom is -0.480 e. The van der Waals surface area contributed by atoms with Crippen molar-refractivity contribution in [2.75, 3.05) is 13.1 Å². The fourth-order valence-electron chi connectivity index (χ4n) is 2.66. The average molecular weight is 209 g/mol. The van der Waals surface area contributed by atoms with Crippen LogP contribution < -0.4 is 0 Å². The van der Waals surface area contributed by atoms with Gasteiger partial charge in [0.1, 0.15) is 6.04 Å². The van der Waals surface area contributed by atoms with Crippen molar-refractivity contribution in [3.63, 3.8) is 0 Å². The highest BCUT2D eigenvalue weighted by atomic mass is 16.4. The standard InChI is InChI=1S/C12H19NO2/c14-12(15)11-7-4-8-13(11)9-10-5-2-1-3-6-10/h2,5,10-11H,1,3-4,6-9H2,(H,14,15)/t10?,11-/m0/s1. The molecule has 0 spiro atoms. The third-order valence-corrected chi connectivity index (χ3v) is 3.47. The molecule has 1 aliphatic carbocycles. The van der Waals surface area contributed by atoms with E-state index in [-0.39, 0.29) is 6.04 Å². The first kappa shape index (κ1) is 10.7. The molecule has 3 heteroatoms. The summed E-state index contributed by atoms with van der Waals surface area (Å²) in [4.78, 5) is 13.1. The Morgan fingerprint density at radius 1 is 1.40 bits per heavy atom. The van der Waals surface area contributed by atoms with Crippen molar-refractivity contribution in [2.24, 2.45) is 5.92 Å². The number of allylic oxidation sites excluding steroid dienone is 1. The molecule has 3 nitrogen and oxygen atoms in total. The second-order valence-corrected chi connectivity index (χ2v) is 4.61. The molecule has 1 N–H and O–H groups in total. The topological polar surface area (TPSA) is 40.5 Å². The molecule has 0 aromatic carbocycles. The highest BCUT2D eigenvalue weighted by Crippen LogP contribution is 2.23. The minimum atomic E-state index is -0.646. The summed E-state index contributed by atoms with van der Waals surface area (Å²) in [7, 11) is 0. The van der Waals surface area contributed by atoms with Crippen LogP contribution in [0.15, 0.2) is 12.2 Å². The lowest BCUT2D eigenvalue weighted by Gasteiger charge is -2.26. The van der Waals surface area contributed by atoms with Gasteiger partial charge in [0.15, 0.2) is 0 Å². The Kier molecular flexibility index (Phi) is 3.41. The smallest absolute Gasteiger partial charge is 0.320 e. The minimum absolute atomic E-state index is 0.222. The van der Waals surface area contributed by atoms with E-state index >= 15 is 0 Å². The summed E-state index contributed by atoms with van der Waals surface area (Å²) in [5, 5.41) is 9.05. The number of nitrogens with zero attached hydrogens (tertiary/aromatic N) is 1. The maximum atomic E-state index is 11.0. The molecule has 0 amide bonds. The van der Waals surface area contributed by atoms with E-state index in [4.69, 9.17) is 5.11 Å². The van der Waals surface area contributed by atoms with Crippen LogP contribution >= 0.6 is 0 Å². The molecule has 0 aromatic rings. The zero-order valence-corrected chi connectivity index (χ0v) is 9.06. The maximum Gasteiger partial charge on any atom is 0.320 e. The van der Waals surface area contributed by atoms with Crippen molar-refractivity contribution in [3.05, 3.63) is 12.2 Å². The van der Waals surface area contributed by atoms with Crippen LogP contribution in [0.3, 0.4) is 0 Å². The summed E-state index contributed by atoms with van der Waals surface area (Å²) in [6.07, 6.45) is 10.0. The van der Waals surface area contributed by atoms with Crippen LogP contribution in [0, 0.1) is 5.92 Å². The predicted molar refractivity (Wildman–Crippen MR) is 58.7 cm³/mol. The van der Waals surface area contributed by atoms with Gasteiger partial charge in [-0.15, -0.1) is 0 Å². The second-order valence-electron chi connectivity index (χ2n) is 4.61. The molecule has 1 fully saturated rings. The molecule has 0 saturated carbocycles. The van der Waals surface area contributed by atoms with Gasteiger partial charge in [-0.25, -0.2) is 0 Å². The lowest BCUT2D eigenvalue weighted by atomic mass is 9.95. The van der Waals surface area contributed by atoms with Gasteiger partial charge in [0, 0.05) is 6.54 Å². The van der Waals surface area contributed by atoms with Gasteiger partial charge in [-0.05, 0) is 44.6 Å². The van der Waals surface area contributed by atoms with Crippen molar-refractivity contribution >= 4 is 5.97 Å². The molecule has 1 heterocycles. The Balaban J connectivity index is 1.90. The number of carboxylic acids is 1. The van der Waals surface area contributed by atoms with E-state index in [1.807, 2.05) is 0 Å². The fraction of sp³-hybridized carbons (Fsp3) is 0.750. The monoisotopic (exact) mass is 209 g/mol. The number of rotatable bonds is 3. The van der Waals surface area contributed by atoms with Gasteiger partial charge in [-0.1, -0.05) is 12.2 Å². The zero-order chi connectivity index (χ0) is 10.7. The number of carbonyl (C=O) groups is 1. The number of hydrogen-bond donors (Lipinski definition) is 1. The first-order valence-corrected chi connectivity index (χ1v) is 5.91. The normalized spacial score (nSPS) is 32.0. The SMILES string of the molecule is O=C(O)[C@@H]1CCCN1CC1C=CCCC1. The highest BCUT2D eigenvalue weighted by molar-refractivity contribution is 5.73. The van der Waals surface area contributed by atoms with Gasteiger partial charge in [0.25, 0.3) is 0 Å². The van der Waals surface area contributed by atoms with Gasteiger partial charge in [-0.3, -0.25) is 9.69 Å². The third-order valence-electron chi connectivity index (χ3n) is 3.47. The van der Waals surface area contributed by atoms with Crippen LogP contribution in [0.4, 0.5) is 0 Å². The molecule has 0 aromatic heterocycles. The third kappa shape index (κ3) is 2.59. The molecule has 2 aliphatic rings. The quantitative estimate of drug-likeness (QED) is 0.722. The zero-order valence-electron chi connectivity index (χ0n) is 9.06. The molecule has 0 radical (unpaired) electrons. The Bertz CT molecular complexity index is 262. The largest absolute Gasteiger partial charge is 0.480 e. The Morgan fingerprint density at radius 2 is 2.27 bits per heavy atom. The Labute approximate surface area is 90.8 Å². The summed E-state index contributed by atoms with van der Waals surface area (Å²) < 4.78 is 0. The molecule has 15 heavy (non-hydrogen) atoms. The highest BCUT2D eigenvalue weighted by Gasteiger charge is 2.31. The van der Waals surface area contributed by atoms with Gasteiger partial charge in [0.2, 0.25) is 0 Å². The average Bonchev–Trinajstić information content (AvgIpc) is 2.67. The van der Waals surface area contributed by atoms with Crippen molar-refractivity contribution in [1.82, 2.24) is 4.90 Å². The van der Waals surface area contributed by atoms with Crippen LogP contribution in [0.2, 0.25) is 0 Å². The maximum absolute atomic E-state index is 11.0. The number of hydrogen-bond acceptors (Lipinski definition) is 2. The number of likely N-dealkylation sites (tertiary alicyclic amines) is 1. The molecule has 1 saturated heterocycles. The van der Waals surface area contributed by atoms with E-state index in [1.54, 1.807) is 0 Å². The molecular weight excluding hydrogens is 190 g/mol. The summed E-state index contributed by atoms with van der Waals surface area (Å²) >= 11 is 0. The van der Waals surface area contributed by atoms with Crippen molar-refractivity contribution in [3.8, 4) is 0 Å². The van der Waals surface area contributed by atoms with Crippen LogP contribution in [0.25, 0.3) is 0 Å². The van der Waals surface area contributed by atoms with Crippen molar-refractivity contribution < 1.29 is 9.90 Å². The van der Waals surface area contributed by atoms with E-state index in [0.29, 0.717) is 5.92 Å². The molecule has 1 unspecified atom stereocenters. The van der Waals surface area contributed by atoms with Gasteiger partial charge < -0.3 is 5.11 Å². The number of carboxylic acid groups (broad SMARTS) is 1. The van der Waals surface area contributed by atoms with E-state index in [0.717, 1.165) is 25.9 Å². The van der Waals surface area contributed by atoms with Crippen LogP contribution in [0.1, 0.15) is 32.1 Å². The molecular formula is C12H19NO2. The summed E-state index contributed by atoms with van der Waals surface area (Å²) in [5.41, 5.74) is 0. The Hall–Kier alpha value is -0.830. The van der Waals surface area contributed by atoms with Crippen molar-refractivity contribution in [1.29, 1.82) is 0 Å². The fourth-order valence-corrected chi connectivity index (χ4v) is 2.66. The first-order chi connectivity index (χ1) is 7.27. The lowest BCUT2D eigenvalue weighted by Crippen LogP contribution is -2.38. The van der Waals surface area contributed by atoms with E-state index in [9.17, 15) is 4.79 Å². The first-order valence-electron chi connectivity index (χ1n) is 5.91. The van der Waals surface area contributed by atoms with Crippen LogP contribution in [-0.2, 0) is 4.79 Å². The Morgan fingerprint density at radius 3 is 2.93 bits per heavy atom.